The number of thioether (sulfide) groups is 2. The Balaban J connectivity index is 1.38. The molecule has 2 atom stereocenters. The second-order valence-electron chi connectivity index (χ2n) is 5.19. The minimum Gasteiger partial charge on any atom is -0.286 e. The summed E-state index contributed by atoms with van der Waals surface area (Å²) in [6, 6.07) is 12.7. The fraction of sp³-hybridized carbons (Fsp3) is 0.176. The predicted molar refractivity (Wildman–Crippen MR) is 99.6 cm³/mol. The number of hydrogen-bond donors (Lipinski definition) is 0. The second kappa shape index (κ2) is 6.13. The van der Waals surface area contributed by atoms with E-state index in [0.29, 0.717) is 5.25 Å². The maximum atomic E-state index is 6.09. The van der Waals surface area contributed by atoms with Gasteiger partial charge in [0, 0.05) is 21.8 Å². The molecule has 4 rings (SSSR count). The standard InChI is InChI=1S/C17H14OS4/c1-12-9-16(19-11-12)22-18-17-8-7-14(10-15(17)21-17)20-13-5-3-2-4-6-13/h2-11,15H,1H3. The van der Waals surface area contributed by atoms with E-state index in [1.165, 1.54) is 31.6 Å². The van der Waals surface area contributed by atoms with Gasteiger partial charge in [0.25, 0.3) is 0 Å². The van der Waals surface area contributed by atoms with Crippen LogP contribution in [0.3, 0.4) is 0 Å². The third kappa shape index (κ3) is 3.19. The minimum absolute atomic E-state index is 0.149. The van der Waals surface area contributed by atoms with Gasteiger partial charge in [-0.3, -0.25) is 4.18 Å². The molecule has 0 saturated carbocycles. The van der Waals surface area contributed by atoms with Gasteiger partial charge in [-0.2, -0.15) is 0 Å². The topological polar surface area (TPSA) is 9.23 Å². The summed E-state index contributed by atoms with van der Waals surface area (Å²) >= 11 is 6.93. The predicted octanol–water partition coefficient (Wildman–Crippen LogP) is 6.14. The van der Waals surface area contributed by atoms with Gasteiger partial charge in [0.05, 0.1) is 9.46 Å². The molecule has 1 aromatic carbocycles. The highest BCUT2D eigenvalue weighted by atomic mass is 32.2. The van der Waals surface area contributed by atoms with Crippen molar-refractivity contribution in [2.24, 2.45) is 0 Å². The third-order valence-electron chi connectivity index (χ3n) is 3.39. The van der Waals surface area contributed by atoms with E-state index in [1.807, 2.05) is 29.6 Å². The summed E-state index contributed by atoms with van der Waals surface area (Å²) in [4.78, 5) is 2.43. The van der Waals surface area contributed by atoms with Crippen molar-refractivity contribution in [3.05, 3.63) is 70.5 Å². The van der Waals surface area contributed by atoms with E-state index in [4.69, 9.17) is 4.18 Å². The molecule has 1 nitrogen and oxygen atoms in total. The van der Waals surface area contributed by atoms with E-state index in [-0.39, 0.29) is 4.93 Å². The lowest BCUT2D eigenvalue weighted by Crippen LogP contribution is -2.13. The number of thiophene rings is 1. The van der Waals surface area contributed by atoms with Gasteiger partial charge in [0.1, 0.15) is 0 Å². The molecule has 2 aliphatic rings. The van der Waals surface area contributed by atoms with Crippen LogP contribution in [0.15, 0.2) is 74.0 Å². The largest absolute Gasteiger partial charge is 0.286 e. The summed E-state index contributed by atoms with van der Waals surface area (Å²) in [6.45, 7) is 2.11. The van der Waals surface area contributed by atoms with Crippen molar-refractivity contribution in [1.29, 1.82) is 0 Å². The van der Waals surface area contributed by atoms with Crippen LogP contribution in [-0.4, -0.2) is 10.2 Å². The van der Waals surface area contributed by atoms with Crippen LogP contribution < -0.4 is 0 Å². The molecule has 112 valence electrons. The molecule has 0 amide bonds. The van der Waals surface area contributed by atoms with Crippen molar-refractivity contribution < 1.29 is 4.18 Å². The molecule has 1 aromatic heterocycles. The molecule has 2 heterocycles. The Morgan fingerprint density at radius 3 is 2.82 bits per heavy atom. The lowest BCUT2D eigenvalue weighted by atomic mass is 10.1. The van der Waals surface area contributed by atoms with Crippen molar-refractivity contribution in [2.75, 3.05) is 0 Å². The van der Waals surface area contributed by atoms with Gasteiger partial charge in [-0.15, -0.1) is 23.1 Å². The summed E-state index contributed by atoms with van der Waals surface area (Å²) in [7, 11) is 0. The zero-order chi connectivity index (χ0) is 15.0. The molecule has 0 spiro atoms. The van der Waals surface area contributed by atoms with Gasteiger partial charge >= 0.3 is 0 Å². The Morgan fingerprint density at radius 1 is 1.23 bits per heavy atom. The first-order valence-electron chi connectivity index (χ1n) is 6.96. The average Bonchev–Trinajstić information content (AvgIpc) is 3.10. The number of benzene rings is 1. The maximum absolute atomic E-state index is 6.09. The molecule has 1 aliphatic carbocycles. The second-order valence-corrected chi connectivity index (χ2v) is 9.66. The zero-order valence-electron chi connectivity index (χ0n) is 11.9. The van der Waals surface area contributed by atoms with Crippen LogP contribution >= 0.6 is 46.9 Å². The summed E-state index contributed by atoms with van der Waals surface area (Å²) in [5.74, 6) is 0. The van der Waals surface area contributed by atoms with Crippen LogP contribution in [0, 0.1) is 6.92 Å². The molecular weight excluding hydrogens is 348 g/mol. The first-order chi connectivity index (χ1) is 10.7. The molecule has 1 aliphatic heterocycles. The molecular formula is C17H14OS4. The fourth-order valence-corrected chi connectivity index (χ4v) is 6.02. The van der Waals surface area contributed by atoms with E-state index < -0.39 is 0 Å². The van der Waals surface area contributed by atoms with E-state index >= 15 is 0 Å². The monoisotopic (exact) mass is 362 g/mol. The van der Waals surface area contributed by atoms with Crippen molar-refractivity contribution in [3.63, 3.8) is 0 Å². The van der Waals surface area contributed by atoms with Crippen molar-refractivity contribution in [1.82, 2.24) is 0 Å². The molecule has 2 aromatic rings. The highest BCUT2D eigenvalue weighted by Crippen LogP contribution is 2.61. The lowest BCUT2D eigenvalue weighted by molar-refractivity contribution is 0.304. The molecule has 0 radical (unpaired) electrons. The number of hydrogen-bond acceptors (Lipinski definition) is 5. The van der Waals surface area contributed by atoms with Crippen LogP contribution in [0.5, 0.6) is 0 Å². The molecule has 1 fully saturated rings. The fourth-order valence-electron chi connectivity index (χ4n) is 2.19. The highest BCUT2D eigenvalue weighted by molar-refractivity contribution is 8.10. The van der Waals surface area contributed by atoms with Crippen LogP contribution in [0.1, 0.15) is 5.56 Å². The summed E-state index contributed by atoms with van der Waals surface area (Å²) in [6.07, 6.45) is 6.72. The van der Waals surface area contributed by atoms with Crippen molar-refractivity contribution in [3.8, 4) is 0 Å². The normalized spacial score (nSPS) is 25.7. The Bertz CT molecular complexity index is 734. The average molecular weight is 363 g/mol. The van der Waals surface area contributed by atoms with E-state index in [1.54, 1.807) is 11.3 Å². The summed E-state index contributed by atoms with van der Waals surface area (Å²) < 4.78 is 7.31. The van der Waals surface area contributed by atoms with Crippen molar-refractivity contribution >= 4 is 46.9 Å². The SMILES string of the molecule is Cc1csc(SOC23C=CC(Sc4ccccc4)=CC2S3)c1. The summed E-state index contributed by atoms with van der Waals surface area (Å²) in [5, 5.41) is 2.60. The minimum atomic E-state index is -0.149. The first-order valence-corrected chi connectivity index (χ1v) is 10.3. The van der Waals surface area contributed by atoms with Gasteiger partial charge in [0.2, 0.25) is 0 Å². The van der Waals surface area contributed by atoms with Gasteiger partial charge in [-0.25, -0.2) is 0 Å². The number of fused-ring (bicyclic) bond motifs is 1. The Labute approximate surface area is 147 Å². The highest BCUT2D eigenvalue weighted by Gasteiger charge is 2.56. The summed E-state index contributed by atoms with van der Waals surface area (Å²) in [5.41, 5.74) is 1.30. The molecule has 0 N–H and O–H groups in total. The van der Waals surface area contributed by atoms with Crippen LogP contribution in [0.25, 0.3) is 0 Å². The van der Waals surface area contributed by atoms with Gasteiger partial charge in [-0.05, 0) is 48.2 Å². The number of allylic oxidation sites excluding steroid dienone is 1. The quantitative estimate of drug-likeness (QED) is 0.466. The Morgan fingerprint density at radius 2 is 2.09 bits per heavy atom. The van der Waals surface area contributed by atoms with E-state index in [9.17, 15) is 0 Å². The van der Waals surface area contributed by atoms with Gasteiger partial charge in [-0.1, -0.05) is 36.0 Å². The molecule has 0 bridgehead atoms. The van der Waals surface area contributed by atoms with E-state index in [0.717, 1.165) is 0 Å². The van der Waals surface area contributed by atoms with Gasteiger partial charge in [0.15, 0.2) is 4.93 Å². The van der Waals surface area contributed by atoms with E-state index in [2.05, 4.69) is 60.9 Å². The van der Waals surface area contributed by atoms with Crippen LogP contribution in [-0.2, 0) is 4.18 Å². The molecule has 1 saturated heterocycles. The number of aryl methyl sites for hydroxylation is 1. The van der Waals surface area contributed by atoms with Gasteiger partial charge < -0.3 is 0 Å². The smallest absolute Gasteiger partial charge is 0.163 e. The number of rotatable bonds is 5. The Hall–Kier alpha value is -0.590. The third-order valence-corrected chi connectivity index (χ3v) is 7.81. The molecule has 2 unspecified atom stereocenters. The van der Waals surface area contributed by atoms with Crippen molar-refractivity contribution in [2.45, 2.75) is 26.2 Å². The maximum Gasteiger partial charge on any atom is 0.163 e. The zero-order valence-corrected chi connectivity index (χ0v) is 15.2. The lowest BCUT2D eigenvalue weighted by Gasteiger charge is -2.13. The van der Waals surface area contributed by atoms with Crippen LogP contribution in [0.4, 0.5) is 0 Å². The van der Waals surface area contributed by atoms with Crippen LogP contribution in [0.2, 0.25) is 0 Å². The molecule has 5 heteroatoms. The molecule has 22 heavy (non-hydrogen) atoms. The first kappa shape index (κ1) is 15.0. The Kier molecular flexibility index (Phi) is 4.17.